The van der Waals surface area contributed by atoms with Crippen LogP contribution in [0.4, 0.5) is 5.82 Å². The summed E-state index contributed by atoms with van der Waals surface area (Å²) in [6, 6.07) is 10.2. The zero-order chi connectivity index (χ0) is 17.9. The fourth-order valence-electron chi connectivity index (χ4n) is 3.20. The molecule has 0 saturated carbocycles. The van der Waals surface area contributed by atoms with E-state index in [0.717, 1.165) is 24.5 Å². The molecular weight excluding hydrogens is 348 g/mol. The number of carbonyl (C=O) groups excluding carboxylic acids is 1. The molecule has 8 heteroatoms. The minimum atomic E-state index is 0.186. The Labute approximate surface area is 156 Å². The van der Waals surface area contributed by atoms with E-state index in [1.807, 2.05) is 27.5 Å². The van der Waals surface area contributed by atoms with Crippen molar-refractivity contribution in [2.45, 2.75) is 11.3 Å². The predicted molar refractivity (Wildman–Crippen MR) is 102 cm³/mol. The summed E-state index contributed by atoms with van der Waals surface area (Å²) >= 11 is 1.71. The van der Waals surface area contributed by atoms with Crippen molar-refractivity contribution < 1.29 is 4.79 Å². The molecule has 2 aromatic heterocycles. The molecule has 1 amide bonds. The molecule has 1 saturated heterocycles. The monoisotopic (exact) mass is 368 g/mol. The average Bonchev–Trinajstić information content (AvgIpc) is 3.17. The predicted octanol–water partition coefficient (Wildman–Crippen LogP) is 1.74. The van der Waals surface area contributed by atoms with Crippen LogP contribution in [0, 0.1) is 0 Å². The second-order valence-electron chi connectivity index (χ2n) is 6.20. The van der Waals surface area contributed by atoms with Gasteiger partial charge >= 0.3 is 0 Å². The molecule has 4 rings (SSSR count). The van der Waals surface area contributed by atoms with Crippen molar-refractivity contribution in [3.63, 3.8) is 0 Å². The maximum absolute atomic E-state index is 12.6. The van der Waals surface area contributed by atoms with Crippen LogP contribution in [-0.4, -0.2) is 62.8 Å². The first-order valence-electron chi connectivity index (χ1n) is 8.55. The Balaban J connectivity index is 1.38. The van der Waals surface area contributed by atoms with Gasteiger partial charge in [0.15, 0.2) is 0 Å². The molecular formula is C18H20N6OS. The van der Waals surface area contributed by atoms with Gasteiger partial charge < -0.3 is 9.80 Å². The molecule has 0 unspecified atom stereocenters. The minimum absolute atomic E-state index is 0.186. The van der Waals surface area contributed by atoms with Crippen molar-refractivity contribution in [3.8, 4) is 0 Å². The Morgan fingerprint density at radius 3 is 2.62 bits per heavy atom. The van der Waals surface area contributed by atoms with Crippen molar-refractivity contribution in [1.82, 2.24) is 24.5 Å². The van der Waals surface area contributed by atoms with Gasteiger partial charge in [-0.3, -0.25) is 9.20 Å². The summed E-state index contributed by atoms with van der Waals surface area (Å²) in [5.41, 5.74) is 1.07. The van der Waals surface area contributed by atoms with Crippen LogP contribution < -0.4 is 4.90 Å². The third-order valence-electron chi connectivity index (χ3n) is 4.66. The highest BCUT2D eigenvalue weighted by Crippen LogP contribution is 2.18. The molecule has 134 valence electrons. The highest BCUT2D eigenvalue weighted by Gasteiger charge is 2.22. The van der Waals surface area contributed by atoms with Crippen LogP contribution in [0.1, 0.15) is 5.56 Å². The van der Waals surface area contributed by atoms with E-state index in [1.165, 1.54) is 4.90 Å². The number of nitrogens with zero attached hydrogens (tertiary/aromatic N) is 6. The van der Waals surface area contributed by atoms with Crippen molar-refractivity contribution >= 4 is 29.3 Å². The highest BCUT2D eigenvalue weighted by atomic mass is 32.2. The summed E-state index contributed by atoms with van der Waals surface area (Å²) in [7, 11) is 0. The number of carbonyl (C=O) groups is 1. The summed E-state index contributed by atoms with van der Waals surface area (Å²) in [5, 5.41) is 7.90. The summed E-state index contributed by atoms with van der Waals surface area (Å²) in [4.78, 5) is 22.2. The van der Waals surface area contributed by atoms with Gasteiger partial charge in [0.25, 0.3) is 5.78 Å². The maximum atomic E-state index is 12.6. The normalized spacial score (nSPS) is 14.8. The SMILES string of the molecule is CSc1ccc(CC(=O)N2CCN(c3ccnc4nncn34)CC2)cc1. The van der Waals surface area contributed by atoms with E-state index in [1.54, 1.807) is 24.3 Å². The van der Waals surface area contributed by atoms with E-state index >= 15 is 0 Å². The molecule has 0 N–H and O–H groups in total. The molecule has 3 aromatic rings. The van der Waals surface area contributed by atoms with Gasteiger partial charge in [-0.1, -0.05) is 12.1 Å². The fraction of sp³-hybridized carbons (Fsp3) is 0.333. The third kappa shape index (κ3) is 3.37. The molecule has 26 heavy (non-hydrogen) atoms. The Bertz CT molecular complexity index is 901. The molecule has 0 atom stereocenters. The van der Waals surface area contributed by atoms with Gasteiger partial charge in [0, 0.05) is 37.3 Å². The number of piperazine rings is 1. The van der Waals surface area contributed by atoms with Crippen LogP contribution >= 0.6 is 11.8 Å². The van der Waals surface area contributed by atoms with Crippen molar-refractivity contribution in [1.29, 1.82) is 0 Å². The number of anilines is 1. The van der Waals surface area contributed by atoms with Gasteiger partial charge in [-0.15, -0.1) is 22.0 Å². The summed E-state index contributed by atoms with van der Waals surface area (Å²) < 4.78 is 1.88. The number of aromatic nitrogens is 4. The number of amides is 1. The molecule has 1 aliphatic rings. The van der Waals surface area contributed by atoms with Crippen LogP contribution in [0.2, 0.25) is 0 Å². The zero-order valence-corrected chi connectivity index (χ0v) is 15.4. The summed E-state index contributed by atoms with van der Waals surface area (Å²) in [6.45, 7) is 3.00. The molecule has 3 heterocycles. The lowest BCUT2D eigenvalue weighted by Gasteiger charge is -2.36. The topological polar surface area (TPSA) is 66.6 Å². The maximum Gasteiger partial charge on any atom is 0.256 e. The number of hydrogen-bond donors (Lipinski definition) is 0. The van der Waals surface area contributed by atoms with Gasteiger partial charge in [0.05, 0.1) is 6.42 Å². The van der Waals surface area contributed by atoms with Crippen molar-refractivity contribution in [3.05, 3.63) is 48.4 Å². The van der Waals surface area contributed by atoms with Crippen LogP contribution in [0.25, 0.3) is 5.78 Å². The average molecular weight is 368 g/mol. The van der Waals surface area contributed by atoms with E-state index in [9.17, 15) is 4.79 Å². The molecule has 7 nitrogen and oxygen atoms in total. The van der Waals surface area contributed by atoms with E-state index in [2.05, 4.69) is 38.5 Å². The second-order valence-corrected chi connectivity index (χ2v) is 7.08. The van der Waals surface area contributed by atoms with Crippen LogP contribution in [0.15, 0.2) is 47.8 Å². The van der Waals surface area contributed by atoms with E-state index in [0.29, 0.717) is 25.3 Å². The quantitative estimate of drug-likeness (QED) is 0.654. The molecule has 1 aromatic carbocycles. The Hall–Kier alpha value is -2.61. The number of thioether (sulfide) groups is 1. The molecule has 0 radical (unpaired) electrons. The van der Waals surface area contributed by atoms with Gasteiger partial charge in [0.2, 0.25) is 5.91 Å². The Morgan fingerprint density at radius 2 is 1.88 bits per heavy atom. The largest absolute Gasteiger partial charge is 0.354 e. The first kappa shape index (κ1) is 16.8. The summed E-state index contributed by atoms with van der Waals surface area (Å²) in [5.74, 6) is 1.79. The second kappa shape index (κ2) is 7.33. The standard InChI is InChI=1S/C18H20N6OS/c1-26-15-4-2-14(3-5-15)12-17(25)23-10-8-22(9-11-23)16-6-7-19-18-21-20-13-24(16)18/h2-7,13H,8-12H2,1H3. The van der Waals surface area contributed by atoms with Gasteiger partial charge in [-0.25, -0.2) is 4.98 Å². The van der Waals surface area contributed by atoms with Gasteiger partial charge in [-0.2, -0.15) is 0 Å². The zero-order valence-electron chi connectivity index (χ0n) is 14.6. The number of hydrogen-bond acceptors (Lipinski definition) is 6. The highest BCUT2D eigenvalue weighted by molar-refractivity contribution is 7.98. The smallest absolute Gasteiger partial charge is 0.256 e. The Kier molecular flexibility index (Phi) is 4.75. The molecule has 1 fully saturated rings. The van der Waals surface area contributed by atoms with Crippen molar-refractivity contribution in [2.24, 2.45) is 0 Å². The third-order valence-corrected chi connectivity index (χ3v) is 5.40. The Morgan fingerprint density at radius 1 is 1.12 bits per heavy atom. The minimum Gasteiger partial charge on any atom is -0.354 e. The fourth-order valence-corrected chi connectivity index (χ4v) is 3.61. The molecule has 1 aliphatic heterocycles. The van der Waals surface area contributed by atoms with E-state index < -0.39 is 0 Å². The lowest BCUT2D eigenvalue weighted by atomic mass is 10.1. The summed E-state index contributed by atoms with van der Waals surface area (Å²) in [6.07, 6.45) is 5.93. The van der Waals surface area contributed by atoms with E-state index in [-0.39, 0.29) is 5.91 Å². The van der Waals surface area contributed by atoms with Crippen molar-refractivity contribution in [2.75, 3.05) is 37.3 Å². The number of fused-ring (bicyclic) bond motifs is 1. The molecule has 0 aliphatic carbocycles. The number of benzene rings is 1. The van der Waals surface area contributed by atoms with Crippen LogP contribution in [-0.2, 0) is 11.2 Å². The van der Waals surface area contributed by atoms with Gasteiger partial charge in [0.1, 0.15) is 12.1 Å². The first-order valence-corrected chi connectivity index (χ1v) is 9.77. The van der Waals surface area contributed by atoms with E-state index in [4.69, 9.17) is 0 Å². The van der Waals surface area contributed by atoms with Crippen LogP contribution in [0.5, 0.6) is 0 Å². The van der Waals surface area contributed by atoms with Crippen LogP contribution in [0.3, 0.4) is 0 Å². The lowest BCUT2D eigenvalue weighted by Crippen LogP contribution is -2.49. The number of rotatable bonds is 4. The van der Waals surface area contributed by atoms with Gasteiger partial charge in [-0.05, 0) is 30.0 Å². The molecule has 0 spiro atoms. The lowest BCUT2D eigenvalue weighted by molar-refractivity contribution is -0.130. The first-order chi connectivity index (χ1) is 12.7. The molecule has 0 bridgehead atoms.